The second kappa shape index (κ2) is 6.43. The molecule has 1 amide bonds. The Morgan fingerprint density at radius 1 is 1.29 bits per heavy atom. The highest BCUT2D eigenvalue weighted by Crippen LogP contribution is 2.34. The van der Waals surface area contributed by atoms with E-state index in [1.807, 2.05) is 17.5 Å². The fraction of sp³-hybridized carbons (Fsp3) is 0.375. The fourth-order valence-electron chi connectivity index (χ4n) is 2.90. The molecule has 1 atom stereocenters. The highest BCUT2D eigenvalue weighted by molar-refractivity contribution is 7.10. The largest absolute Gasteiger partial charge is 0.417 e. The zero-order valence-corrected chi connectivity index (χ0v) is 13.4. The van der Waals surface area contributed by atoms with Crippen LogP contribution in [0, 0.1) is 0 Å². The summed E-state index contributed by atoms with van der Waals surface area (Å²) in [6, 6.07) is 5.36. The summed E-state index contributed by atoms with van der Waals surface area (Å²) < 4.78 is 39.2. The first-order valence-electron chi connectivity index (χ1n) is 7.47. The number of hydrogen-bond acceptors (Lipinski definition) is 3. The third-order valence-corrected chi connectivity index (χ3v) is 5.03. The van der Waals surface area contributed by atoms with E-state index in [2.05, 4.69) is 0 Å². The Bertz CT molecular complexity index is 783. The standard InChI is InChI=1S/C16H15F3N2O2S/c17-16(18,19)11-5-6-14(22)20(9-11)10-15(23)21-7-1-3-12(21)13-4-2-8-24-13/h2,4-6,8-9,12H,1,3,7,10H2. The van der Waals surface area contributed by atoms with E-state index in [9.17, 15) is 22.8 Å². The molecule has 2 aromatic rings. The smallest absolute Gasteiger partial charge is 0.333 e. The number of halogens is 3. The first kappa shape index (κ1) is 16.8. The molecule has 1 unspecified atom stereocenters. The monoisotopic (exact) mass is 356 g/mol. The highest BCUT2D eigenvalue weighted by atomic mass is 32.1. The molecule has 2 aromatic heterocycles. The Morgan fingerprint density at radius 3 is 2.75 bits per heavy atom. The molecule has 0 spiro atoms. The summed E-state index contributed by atoms with van der Waals surface area (Å²) in [7, 11) is 0. The first-order valence-corrected chi connectivity index (χ1v) is 8.35. The van der Waals surface area contributed by atoms with Crippen molar-refractivity contribution in [1.29, 1.82) is 0 Å². The number of carbonyl (C=O) groups excluding carboxylic acids is 1. The molecule has 0 aromatic carbocycles. The minimum absolute atomic E-state index is 0.0565. The van der Waals surface area contributed by atoms with E-state index in [-0.39, 0.29) is 18.5 Å². The molecule has 0 aliphatic carbocycles. The number of nitrogens with zero attached hydrogens (tertiary/aromatic N) is 2. The average Bonchev–Trinajstić information content (AvgIpc) is 3.18. The van der Waals surface area contributed by atoms with Crippen molar-refractivity contribution in [2.75, 3.05) is 6.54 Å². The number of likely N-dealkylation sites (tertiary alicyclic amines) is 1. The third kappa shape index (κ3) is 3.38. The number of aromatic nitrogens is 1. The second-order valence-corrected chi connectivity index (χ2v) is 6.62. The normalized spacial score (nSPS) is 18.1. The average molecular weight is 356 g/mol. The molecular formula is C16H15F3N2O2S. The number of thiophene rings is 1. The van der Waals surface area contributed by atoms with Crippen LogP contribution in [0.2, 0.25) is 0 Å². The van der Waals surface area contributed by atoms with Crippen LogP contribution in [0.5, 0.6) is 0 Å². The van der Waals surface area contributed by atoms with Gasteiger partial charge >= 0.3 is 6.18 Å². The van der Waals surface area contributed by atoms with Crippen molar-refractivity contribution in [1.82, 2.24) is 9.47 Å². The van der Waals surface area contributed by atoms with Gasteiger partial charge in [-0.05, 0) is 30.4 Å². The molecule has 1 aliphatic rings. The van der Waals surface area contributed by atoms with Gasteiger partial charge in [0.2, 0.25) is 5.91 Å². The van der Waals surface area contributed by atoms with Crippen molar-refractivity contribution in [3.8, 4) is 0 Å². The molecule has 3 heterocycles. The number of alkyl halides is 3. The van der Waals surface area contributed by atoms with Crippen LogP contribution in [0.4, 0.5) is 13.2 Å². The van der Waals surface area contributed by atoms with Crippen molar-refractivity contribution in [3.63, 3.8) is 0 Å². The molecule has 1 aliphatic heterocycles. The summed E-state index contributed by atoms with van der Waals surface area (Å²) in [4.78, 5) is 27.0. The molecule has 0 bridgehead atoms. The van der Waals surface area contributed by atoms with Crippen molar-refractivity contribution < 1.29 is 18.0 Å². The van der Waals surface area contributed by atoms with Gasteiger partial charge in [0.05, 0.1) is 11.6 Å². The number of carbonyl (C=O) groups is 1. The molecule has 8 heteroatoms. The van der Waals surface area contributed by atoms with Gasteiger partial charge < -0.3 is 9.47 Å². The summed E-state index contributed by atoms with van der Waals surface area (Å²) in [5.74, 6) is -0.340. The third-order valence-electron chi connectivity index (χ3n) is 4.06. The van der Waals surface area contributed by atoms with Crippen molar-refractivity contribution >= 4 is 17.2 Å². The number of amides is 1. The van der Waals surface area contributed by atoms with Gasteiger partial charge in [0.1, 0.15) is 6.54 Å². The summed E-state index contributed by atoms with van der Waals surface area (Å²) >= 11 is 1.55. The maximum Gasteiger partial charge on any atom is 0.417 e. The lowest BCUT2D eigenvalue weighted by molar-refractivity contribution is -0.139. The van der Waals surface area contributed by atoms with Crippen LogP contribution in [-0.4, -0.2) is 21.9 Å². The van der Waals surface area contributed by atoms with Crippen molar-refractivity contribution in [3.05, 3.63) is 56.6 Å². The molecule has 1 saturated heterocycles. The lowest BCUT2D eigenvalue weighted by Crippen LogP contribution is -2.36. The van der Waals surface area contributed by atoms with Gasteiger partial charge in [-0.1, -0.05) is 6.07 Å². The van der Waals surface area contributed by atoms with Crippen LogP contribution in [-0.2, 0) is 17.5 Å². The zero-order valence-electron chi connectivity index (χ0n) is 12.6. The van der Waals surface area contributed by atoms with Gasteiger partial charge in [0, 0.05) is 23.7 Å². The van der Waals surface area contributed by atoms with E-state index in [1.165, 1.54) is 0 Å². The highest BCUT2D eigenvalue weighted by Gasteiger charge is 2.33. The van der Waals surface area contributed by atoms with Gasteiger partial charge in [0.25, 0.3) is 5.56 Å². The van der Waals surface area contributed by atoms with E-state index in [0.29, 0.717) is 12.7 Å². The minimum atomic E-state index is -4.55. The summed E-state index contributed by atoms with van der Waals surface area (Å²) in [5.41, 5.74) is -1.56. The lowest BCUT2D eigenvalue weighted by Gasteiger charge is -2.24. The first-order chi connectivity index (χ1) is 11.4. The predicted octanol–water partition coefficient (Wildman–Crippen LogP) is 3.29. The summed E-state index contributed by atoms with van der Waals surface area (Å²) in [5, 5.41) is 1.92. The van der Waals surface area contributed by atoms with Crippen LogP contribution in [0.25, 0.3) is 0 Å². The minimum Gasteiger partial charge on any atom is -0.333 e. The Balaban J connectivity index is 1.81. The quantitative estimate of drug-likeness (QED) is 0.847. The topological polar surface area (TPSA) is 42.3 Å². The molecule has 24 heavy (non-hydrogen) atoms. The Hall–Kier alpha value is -2.09. The molecule has 3 rings (SSSR count). The van der Waals surface area contributed by atoms with Gasteiger partial charge in [-0.15, -0.1) is 11.3 Å². The second-order valence-electron chi connectivity index (χ2n) is 5.64. The van der Waals surface area contributed by atoms with E-state index < -0.39 is 17.3 Å². The molecule has 0 radical (unpaired) electrons. The zero-order chi connectivity index (χ0) is 17.3. The van der Waals surface area contributed by atoms with Gasteiger partial charge in [0.15, 0.2) is 0 Å². The molecular weight excluding hydrogens is 341 g/mol. The van der Waals surface area contributed by atoms with E-state index in [0.717, 1.165) is 34.4 Å². The maximum absolute atomic E-state index is 12.8. The maximum atomic E-state index is 12.8. The Labute approximate surface area is 140 Å². The van der Waals surface area contributed by atoms with Crippen LogP contribution in [0.15, 0.2) is 40.6 Å². The Morgan fingerprint density at radius 2 is 2.08 bits per heavy atom. The number of hydrogen-bond donors (Lipinski definition) is 0. The molecule has 0 saturated carbocycles. The SMILES string of the molecule is O=C(Cn1cc(C(F)(F)F)ccc1=O)N1CCCC1c1cccs1. The summed E-state index contributed by atoms with van der Waals surface area (Å²) in [6.07, 6.45) is -2.18. The summed E-state index contributed by atoms with van der Waals surface area (Å²) in [6.45, 7) is 0.166. The van der Waals surface area contributed by atoms with E-state index >= 15 is 0 Å². The van der Waals surface area contributed by atoms with Crippen LogP contribution >= 0.6 is 11.3 Å². The van der Waals surface area contributed by atoms with Crippen LogP contribution in [0.1, 0.15) is 29.3 Å². The Kier molecular flexibility index (Phi) is 4.49. The molecule has 1 fully saturated rings. The predicted molar refractivity (Wildman–Crippen MR) is 83.7 cm³/mol. The van der Waals surface area contributed by atoms with E-state index in [1.54, 1.807) is 16.2 Å². The van der Waals surface area contributed by atoms with Crippen molar-refractivity contribution in [2.45, 2.75) is 31.6 Å². The molecule has 4 nitrogen and oxygen atoms in total. The number of pyridine rings is 1. The van der Waals surface area contributed by atoms with Gasteiger partial charge in [-0.25, -0.2) is 0 Å². The van der Waals surface area contributed by atoms with Gasteiger partial charge in [-0.3, -0.25) is 9.59 Å². The lowest BCUT2D eigenvalue weighted by atomic mass is 10.2. The number of rotatable bonds is 3. The van der Waals surface area contributed by atoms with E-state index in [4.69, 9.17) is 0 Å². The van der Waals surface area contributed by atoms with Crippen LogP contribution in [0.3, 0.4) is 0 Å². The van der Waals surface area contributed by atoms with Crippen LogP contribution < -0.4 is 5.56 Å². The van der Waals surface area contributed by atoms with Gasteiger partial charge in [-0.2, -0.15) is 13.2 Å². The fourth-order valence-corrected chi connectivity index (χ4v) is 3.77. The van der Waals surface area contributed by atoms with Crippen molar-refractivity contribution in [2.24, 2.45) is 0 Å². The molecule has 128 valence electrons. The molecule has 0 N–H and O–H groups in total.